The van der Waals surface area contributed by atoms with Crippen molar-refractivity contribution in [2.45, 2.75) is 0 Å². The summed E-state index contributed by atoms with van der Waals surface area (Å²) in [6, 6.07) is 18.5. The first-order chi connectivity index (χ1) is 7.84. The molecule has 0 aliphatic heterocycles. The van der Waals surface area contributed by atoms with Crippen LogP contribution < -0.4 is 9.05 Å². The average molecular weight is 233 g/mol. The lowest BCUT2D eigenvalue weighted by atomic mass is 10.3. The monoisotopic (exact) mass is 233 g/mol. The van der Waals surface area contributed by atoms with E-state index in [1.165, 1.54) is 0 Å². The first kappa shape index (κ1) is 10.8. The van der Waals surface area contributed by atoms with E-state index in [2.05, 4.69) is 0 Å². The minimum absolute atomic E-state index is 0.669. The summed E-state index contributed by atoms with van der Waals surface area (Å²) in [5.74, 6) is 1.34. The lowest BCUT2D eigenvalue weighted by molar-refractivity contribution is 0.499. The van der Waals surface area contributed by atoms with Crippen LogP contribution in [-0.4, -0.2) is 0 Å². The quantitative estimate of drug-likeness (QED) is 0.812. The van der Waals surface area contributed by atoms with Gasteiger partial charge in [0.15, 0.2) is 0 Å². The van der Waals surface area contributed by atoms with Crippen LogP contribution in [0.4, 0.5) is 0 Å². The standard InChI is InChI=1S/C12H12NO2P/c13-16(14-11-7-3-1-4-8-11)15-12-9-5-2-6-10-12/h1-10,13,16H. The van der Waals surface area contributed by atoms with E-state index in [0.717, 1.165) is 0 Å². The Kier molecular flexibility index (Phi) is 3.62. The average Bonchev–Trinajstić information content (AvgIpc) is 2.31. The van der Waals surface area contributed by atoms with Crippen LogP contribution in [0.3, 0.4) is 0 Å². The van der Waals surface area contributed by atoms with Crippen LogP contribution in [0.15, 0.2) is 60.7 Å². The summed E-state index contributed by atoms with van der Waals surface area (Å²) in [5, 5.41) is 7.70. The Hall–Kier alpha value is -1.73. The second-order valence-electron chi connectivity index (χ2n) is 3.12. The molecule has 0 amide bonds. The molecule has 1 N–H and O–H groups in total. The largest absolute Gasteiger partial charge is 0.432 e. The predicted molar refractivity (Wildman–Crippen MR) is 65.2 cm³/mol. The first-order valence-electron chi connectivity index (χ1n) is 4.89. The van der Waals surface area contributed by atoms with Crippen molar-refractivity contribution in [1.82, 2.24) is 0 Å². The van der Waals surface area contributed by atoms with Gasteiger partial charge in [-0.15, -0.1) is 0 Å². The van der Waals surface area contributed by atoms with Crippen molar-refractivity contribution in [3.05, 3.63) is 60.7 Å². The summed E-state index contributed by atoms with van der Waals surface area (Å²) >= 11 is 0. The molecular formula is C12H12NO2P. The lowest BCUT2D eigenvalue weighted by Gasteiger charge is -2.09. The van der Waals surface area contributed by atoms with Crippen LogP contribution >= 0.6 is 8.17 Å². The number of nitrogens with one attached hydrogen (secondary N) is 1. The Balaban J connectivity index is 1.95. The van der Waals surface area contributed by atoms with E-state index in [1.807, 2.05) is 60.7 Å². The number of hydrogen-bond donors (Lipinski definition) is 1. The fourth-order valence-corrected chi connectivity index (χ4v) is 1.95. The van der Waals surface area contributed by atoms with Crippen molar-refractivity contribution in [2.75, 3.05) is 0 Å². The minimum Gasteiger partial charge on any atom is -0.432 e. The second-order valence-corrected chi connectivity index (χ2v) is 4.10. The van der Waals surface area contributed by atoms with Gasteiger partial charge in [-0.3, -0.25) is 5.16 Å². The van der Waals surface area contributed by atoms with E-state index < -0.39 is 8.17 Å². The molecule has 4 heteroatoms. The molecule has 0 spiro atoms. The molecule has 0 aliphatic carbocycles. The van der Waals surface area contributed by atoms with E-state index >= 15 is 0 Å². The molecule has 0 bridgehead atoms. The van der Waals surface area contributed by atoms with Gasteiger partial charge in [0.2, 0.25) is 0 Å². The van der Waals surface area contributed by atoms with Gasteiger partial charge >= 0.3 is 0 Å². The molecular weight excluding hydrogens is 221 g/mol. The molecule has 0 unspecified atom stereocenters. The van der Waals surface area contributed by atoms with Crippen LogP contribution in [-0.2, 0) is 0 Å². The van der Waals surface area contributed by atoms with E-state index in [4.69, 9.17) is 14.2 Å². The fourth-order valence-electron chi connectivity index (χ4n) is 1.21. The van der Waals surface area contributed by atoms with Crippen molar-refractivity contribution in [3.8, 4) is 11.5 Å². The van der Waals surface area contributed by atoms with Gasteiger partial charge in [-0.1, -0.05) is 36.4 Å². The molecule has 0 aromatic heterocycles. The summed E-state index contributed by atoms with van der Waals surface area (Å²) in [6.45, 7) is 0. The Morgan fingerprint density at radius 1 is 0.688 bits per heavy atom. The fraction of sp³-hybridized carbons (Fsp3) is 0. The van der Waals surface area contributed by atoms with Crippen molar-refractivity contribution in [1.29, 1.82) is 5.16 Å². The van der Waals surface area contributed by atoms with E-state index in [9.17, 15) is 0 Å². The van der Waals surface area contributed by atoms with Gasteiger partial charge in [-0.2, -0.15) is 0 Å². The van der Waals surface area contributed by atoms with Gasteiger partial charge in [0, 0.05) is 0 Å². The molecule has 16 heavy (non-hydrogen) atoms. The summed E-state index contributed by atoms with van der Waals surface area (Å²) in [5.41, 5.74) is 0. The molecule has 2 aromatic carbocycles. The Morgan fingerprint density at radius 3 is 1.44 bits per heavy atom. The Labute approximate surface area is 95.1 Å². The van der Waals surface area contributed by atoms with Crippen LogP contribution in [0.2, 0.25) is 0 Å². The lowest BCUT2D eigenvalue weighted by Crippen LogP contribution is -1.87. The molecule has 2 rings (SSSR count). The van der Waals surface area contributed by atoms with Crippen LogP contribution in [0.1, 0.15) is 0 Å². The summed E-state index contributed by atoms with van der Waals surface area (Å²) in [4.78, 5) is 0. The molecule has 0 atom stereocenters. The van der Waals surface area contributed by atoms with E-state index in [-0.39, 0.29) is 0 Å². The van der Waals surface area contributed by atoms with Gasteiger partial charge in [-0.05, 0) is 24.3 Å². The van der Waals surface area contributed by atoms with Gasteiger partial charge in [0.05, 0.1) is 0 Å². The highest BCUT2D eigenvalue weighted by atomic mass is 31.1. The predicted octanol–water partition coefficient (Wildman–Crippen LogP) is 3.95. The zero-order valence-electron chi connectivity index (χ0n) is 8.59. The zero-order chi connectivity index (χ0) is 11.2. The molecule has 0 fully saturated rings. The topological polar surface area (TPSA) is 42.3 Å². The summed E-state index contributed by atoms with van der Waals surface area (Å²) in [6.07, 6.45) is 0. The van der Waals surface area contributed by atoms with Gasteiger partial charge < -0.3 is 9.05 Å². The number of para-hydroxylation sites is 2. The van der Waals surface area contributed by atoms with Crippen LogP contribution in [0, 0.1) is 5.16 Å². The molecule has 0 saturated heterocycles. The third kappa shape index (κ3) is 3.14. The molecule has 0 heterocycles. The molecule has 2 aromatic rings. The molecule has 3 nitrogen and oxygen atoms in total. The van der Waals surface area contributed by atoms with Gasteiger partial charge in [-0.25, -0.2) is 0 Å². The third-order valence-corrected chi connectivity index (χ3v) is 2.75. The van der Waals surface area contributed by atoms with Gasteiger partial charge in [0.1, 0.15) is 11.5 Å². The van der Waals surface area contributed by atoms with Crippen LogP contribution in [0.25, 0.3) is 0 Å². The first-order valence-corrected chi connectivity index (χ1v) is 6.20. The highest BCUT2D eigenvalue weighted by Crippen LogP contribution is 2.30. The zero-order valence-corrected chi connectivity index (χ0v) is 9.59. The van der Waals surface area contributed by atoms with E-state index in [0.29, 0.717) is 11.5 Å². The molecule has 0 saturated carbocycles. The van der Waals surface area contributed by atoms with Crippen molar-refractivity contribution in [3.63, 3.8) is 0 Å². The minimum atomic E-state index is -2.04. The SMILES string of the molecule is N=[PH](Oc1ccccc1)Oc1ccccc1. The van der Waals surface area contributed by atoms with Crippen molar-refractivity contribution in [2.24, 2.45) is 0 Å². The highest BCUT2D eigenvalue weighted by Gasteiger charge is 1.99. The summed E-state index contributed by atoms with van der Waals surface area (Å²) in [7, 11) is -2.04. The highest BCUT2D eigenvalue weighted by molar-refractivity contribution is 7.35. The van der Waals surface area contributed by atoms with E-state index in [1.54, 1.807) is 0 Å². The second kappa shape index (κ2) is 5.38. The molecule has 0 radical (unpaired) electrons. The maximum Gasteiger partial charge on any atom is 0.299 e. The third-order valence-electron chi connectivity index (χ3n) is 1.91. The maximum absolute atomic E-state index is 7.70. The maximum atomic E-state index is 7.70. The summed E-state index contributed by atoms with van der Waals surface area (Å²) < 4.78 is 10.7. The number of rotatable bonds is 4. The Morgan fingerprint density at radius 2 is 1.06 bits per heavy atom. The van der Waals surface area contributed by atoms with Crippen molar-refractivity contribution >= 4 is 8.17 Å². The number of benzene rings is 2. The smallest absolute Gasteiger partial charge is 0.299 e. The number of hydrogen-bond acceptors (Lipinski definition) is 3. The molecule has 0 aliphatic rings. The van der Waals surface area contributed by atoms with Gasteiger partial charge in [0.25, 0.3) is 8.17 Å². The normalized spacial score (nSPS) is 10.1. The van der Waals surface area contributed by atoms with Crippen molar-refractivity contribution < 1.29 is 9.05 Å². The Bertz CT molecular complexity index is 415. The molecule has 82 valence electrons. The van der Waals surface area contributed by atoms with Crippen LogP contribution in [0.5, 0.6) is 11.5 Å².